The van der Waals surface area contributed by atoms with Crippen LogP contribution in [0.15, 0.2) is 18.2 Å². The molecule has 0 aromatic heterocycles. The van der Waals surface area contributed by atoms with Crippen LogP contribution in [0.2, 0.25) is 0 Å². The predicted molar refractivity (Wildman–Crippen MR) is 113 cm³/mol. The van der Waals surface area contributed by atoms with Gasteiger partial charge in [-0.25, -0.2) is 0 Å². The Kier molecular flexibility index (Phi) is 8.62. The number of aliphatic hydroxyl groups is 1. The van der Waals surface area contributed by atoms with Crippen molar-refractivity contribution < 1.29 is 10.0 Å². The number of aliphatic hydroxyl groups excluding tert-OH is 1. The highest BCUT2D eigenvalue weighted by Crippen LogP contribution is 2.30. The average Bonchev–Trinajstić information content (AvgIpc) is 2.51. The van der Waals surface area contributed by atoms with Crippen LogP contribution in [0.3, 0.4) is 0 Å². The van der Waals surface area contributed by atoms with Crippen molar-refractivity contribution >= 4 is 51.7 Å². The van der Waals surface area contributed by atoms with Crippen LogP contribution in [0.1, 0.15) is 27.7 Å². The van der Waals surface area contributed by atoms with Crippen LogP contribution in [0.25, 0.3) is 0 Å². The normalized spacial score (nSPS) is 10.6. The molecule has 0 amide bonds. The maximum atomic E-state index is 11.1. The summed E-state index contributed by atoms with van der Waals surface area (Å²) in [6.45, 7) is 7.85. The molecule has 1 rings (SSSR count). The molecule has 0 aliphatic heterocycles. The van der Waals surface area contributed by atoms with Gasteiger partial charge in [0.15, 0.2) is 10.2 Å². The van der Waals surface area contributed by atoms with Crippen molar-refractivity contribution in [3.05, 3.63) is 28.3 Å². The zero-order valence-corrected chi connectivity index (χ0v) is 16.9. The molecule has 0 heterocycles. The van der Waals surface area contributed by atoms with Crippen molar-refractivity contribution in [2.75, 3.05) is 23.4 Å². The Balaban J connectivity index is 3.29. The number of hydrogen-bond acceptors (Lipinski definition) is 5. The van der Waals surface area contributed by atoms with Gasteiger partial charge in [-0.05, 0) is 58.2 Å². The smallest absolute Gasteiger partial charge is 0.271 e. The summed E-state index contributed by atoms with van der Waals surface area (Å²) in [6.07, 6.45) is 0. The number of nitro groups is 1. The Morgan fingerprint density at radius 3 is 2.35 bits per heavy atom. The van der Waals surface area contributed by atoms with E-state index in [0.29, 0.717) is 21.6 Å². The van der Waals surface area contributed by atoms with Crippen molar-refractivity contribution in [2.24, 2.45) is 0 Å². The minimum atomic E-state index is -0.477. The van der Waals surface area contributed by atoms with Crippen LogP contribution in [-0.2, 0) is 0 Å². The van der Waals surface area contributed by atoms with Crippen LogP contribution < -0.4 is 20.9 Å². The van der Waals surface area contributed by atoms with Gasteiger partial charge in [0.05, 0.1) is 22.9 Å². The molecular weight excluding hydrogens is 374 g/mol. The van der Waals surface area contributed by atoms with Crippen LogP contribution in [0.4, 0.5) is 17.1 Å². The zero-order valence-electron chi connectivity index (χ0n) is 15.3. The Morgan fingerprint density at radius 2 is 1.85 bits per heavy atom. The molecule has 0 radical (unpaired) electrons. The summed E-state index contributed by atoms with van der Waals surface area (Å²) in [5.74, 6) is 0. The van der Waals surface area contributed by atoms with Gasteiger partial charge in [0, 0.05) is 30.8 Å². The van der Waals surface area contributed by atoms with E-state index in [1.54, 1.807) is 11.0 Å². The van der Waals surface area contributed by atoms with Gasteiger partial charge in [0.25, 0.3) is 5.69 Å². The molecule has 8 nitrogen and oxygen atoms in total. The molecule has 0 saturated heterocycles. The fraction of sp³-hybridized carbons (Fsp3) is 0.500. The molecule has 144 valence electrons. The number of non-ortho nitro benzene ring substituents is 1. The molecule has 26 heavy (non-hydrogen) atoms. The summed E-state index contributed by atoms with van der Waals surface area (Å²) < 4.78 is 0. The number of nitrogens with one attached hydrogen (secondary N) is 3. The van der Waals surface area contributed by atoms with Crippen LogP contribution in [-0.4, -0.2) is 45.5 Å². The molecular formula is C16H25N5O3S2. The van der Waals surface area contributed by atoms with Crippen molar-refractivity contribution in [1.29, 1.82) is 0 Å². The van der Waals surface area contributed by atoms with Crippen LogP contribution >= 0.6 is 24.4 Å². The van der Waals surface area contributed by atoms with E-state index in [0.717, 1.165) is 0 Å². The van der Waals surface area contributed by atoms with Crippen molar-refractivity contribution in [1.82, 2.24) is 10.6 Å². The Hall–Kier alpha value is -2.04. The van der Waals surface area contributed by atoms with Gasteiger partial charge in [-0.3, -0.25) is 10.1 Å². The minimum absolute atomic E-state index is 0.0738. The van der Waals surface area contributed by atoms with Gasteiger partial charge in [-0.15, -0.1) is 0 Å². The molecule has 0 bridgehead atoms. The molecule has 10 heteroatoms. The molecule has 0 saturated carbocycles. The van der Waals surface area contributed by atoms with Gasteiger partial charge in [-0.2, -0.15) is 0 Å². The van der Waals surface area contributed by atoms with E-state index in [-0.39, 0.29) is 30.9 Å². The molecule has 4 N–H and O–H groups in total. The van der Waals surface area contributed by atoms with Crippen LogP contribution in [0.5, 0.6) is 0 Å². The van der Waals surface area contributed by atoms with Gasteiger partial charge in [0.2, 0.25) is 0 Å². The fourth-order valence-electron chi connectivity index (χ4n) is 2.15. The second-order valence-corrected chi connectivity index (χ2v) is 6.99. The van der Waals surface area contributed by atoms with E-state index < -0.39 is 4.92 Å². The summed E-state index contributed by atoms with van der Waals surface area (Å²) >= 11 is 10.7. The van der Waals surface area contributed by atoms with Crippen molar-refractivity contribution in [3.63, 3.8) is 0 Å². The van der Waals surface area contributed by atoms with Gasteiger partial charge >= 0.3 is 0 Å². The fourth-order valence-corrected chi connectivity index (χ4v) is 2.92. The predicted octanol–water partition coefficient (Wildman–Crippen LogP) is 2.37. The highest BCUT2D eigenvalue weighted by Gasteiger charge is 2.20. The molecule has 0 aliphatic carbocycles. The zero-order chi connectivity index (χ0) is 19.9. The number of nitrogens with zero attached hydrogens (tertiary/aromatic N) is 2. The SMILES string of the molecule is CC(C)NC(=S)Nc1cc([N+](=O)[O-])ccc1N(CCO)C(=S)NC(C)C. The second kappa shape index (κ2) is 10.2. The number of thiocarbonyl (C=S) groups is 2. The summed E-state index contributed by atoms with van der Waals surface area (Å²) in [6, 6.07) is 4.58. The summed E-state index contributed by atoms with van der Waals surface area (Å²) in [5, 5.41) is 30.4. The van der Waals surface area contributed by atoms with Crippen molar-refractivity contribution in [3.8, 4) is 0 Å². The lowest BCUT2D eigenvalue weighted by Gasteiger charge is -2.29. The average molecular weight is 400 g/mol. The van der Waals surface area contributed by atoms with E-state index in [2.05, 4.69) is 16.0 Å². The highest BCUT2D eigenvalue weighted by molar-refractivity contribution is 7.80. The van der Waals surface area contributed by atoms with E-state index in [9.17, 15) is 15.2 Å². The maximum absolute atomic E-state index is 11.1. The molecule has 0 spiro atoms. The first kappa shape index (κ1) is 22.0. The largest absolute Gasteiger partial charge is 0.395 e. The first-order valence-corrected chi connectivity index (χ1v) is 9.02. The van der Waals surface area contributed by atoms with Gasteiger partial charge in [-0.1, -0.05) is 0 Å². The lowest BCUT2D eigenvalue weighted by atomic mass is 10.2. The lowest BCUT2D eigenvalue weighted by Crippen LogP contribution is -2.44. The van der Waals surface area contributed by atoms with E-state index >= 15 is 0 Å². The summed E-state index contributed by atoms with van der Waals surface area (Å²) in [7, 11) is 0. The topological polar surface area (TPSA) is 103 Å². The second-order valence-electron chi connectivity index (χ2n) is 6.19. The third kappa shape index (κ3) is 6.70. The number of hydrogen-bond donors (Lipinski definition) is 4. The highest BCUT2D eigenvalue weighted by atomic mass is 32.1. The molecule has 0 fully saturated rings. The first-order valence-electron chi connectivity index (χ1n) is 8.20. The quantitative estimate of drug-likeness (QED) is 0.312. The maximum Gasteiger partial charge on any atom is 0.271 e. The number of benzene rings is 1. The molecule has 1 aromatic rings. The number of rotatable bonds is 7. The van der Waals surface area contributed by atoms with E-state index in [1.807, 2.05) is 27.7 Å². The Labute approximate surface area is 164 Å². The molecule has 0 atom stereocenters. The van der Waals surface area contributed by atoms with Gasteiger partial charge < -0.3 is 26.0 Å². The minimum Gasteiger partial charge on any atom is -0.395 e. The lowest BCUT2D eigenvalue weighted by molar-refractivity contribution is -0.384. The summed E-state index contributed by atoms with van der Waals surface area (Å²) in [5.41, 5.74) is 0.935. The number of nitro benzene ring substituents is 1. The Morgan fingerprint density at radius 1 is 1.23 bits per heavy atom. The van der Waals surface area contributed by atoms with Crippen molar-refractivity contribution in [2.45, 2.75) is 39.8 Å². The first-order chi connectivity index (χ1) is 12.1. The third-order valence-electron chi connectivity index (χ3n) is 3.13. The molecule has 0 unspecified atom stereocenters. The number of anilines is 2. The van der Waals surface area contributed by atoms with E-state index in [1.165, 1.54) is 12.1 Å². The monoisotopic (exact) mass is 399 g/mol. The van der Waals surface area contributed by atoms with Gasteiger partial charge in [0.1, 0.15) is 0 Å². The van der Waals surface area contributed by atoms with E-state index in [4.69, 9.17) is 24.4 Å². The third-order valence-corrected chi connectivity index (χ3v) is 3.69. The standard InChI is InChI=1S/C16H25N5O3S2/c1-10(2)17-15(25)19-13-9-12(21(23)24)5-6-14(13)20(7-8-22)16(26)18-11(3)4/h5-6,9-11,22H,7-8H2,1-4H3,(H,18,26)(H2,17,19,25). The molecule has 0 aliphatic rings. The summed E-state index contributed by atoms with van der Waals surface area (Å²) in [4.78, 5) is 12.3. The van der Waals surface area contributed by atoms with Crippen LogP contribution in [0, 0.1) is 10.1 Å². The molecule has 1 aromatic carbocycles. The Bertz CT molecular complexity index is 667.